The van der Waals surface area contributed by atoms with Gasteiger partial charge in [-0.05, 0) is 49.8 Å². The molecule has 2 aromatic rings. The van der Waals surface area contributed by atoms with Crippen molar-refractivity contribution < 1.29 is 19.1 Å². The van der Waals surface area contributed by atoms with Crippen LogP contribution in [0, 0.1) is 5.92 Å². The van der Waals surface area contributed by atoms with Crippen molar-refractivity contribution in [2.24, 2.45) is 5.92 Å². The molecule has 2 aromatic carbocycles. The summed E-state index contributed by atoms with van der Waals surface area (Å²) in [5.41, 5.74) is 2.68. The lowest BCUT2D eigenvalue weighted by atomic mass is 9.85. The maximum Gasteiger partial charge on any atom is 0.144 e. The van der Waals surface area contributed by atoms with Crippen LogP contribution in [0.1, 0.15) is 36.6 Å². The first-order valence-electron chi connectivity index (χ1n) is 8.14. The Morgan fingerprint density at radius 3 is 2.24 bits per heavy atom. The molecule has 25 heavy (non-hydrogen) atoms. The summed E-state index contributed by atoms with van der Waals surface area (Å²) in [6.07, 6.45) is 1.32. The number of Topliss-reactive ketones (excluding diaryl/α,β-unsaturated/α-hetero) is 2. The zero-order valence-electron chi connectivity index (χ0n) is 14.5. The summed E-state index contributed by atoms with van der Waals surface area (Å²) in [5, 5.41) is 0. The van der Waals surface area contributed by atoms with Crippen molar-refractivity contribution in [2.75, 3.05) is 7.11 Å². The minimum absolute atomic E-state index is 0.191. The molecule has 0 spiro atoms. The fourth-order valence-corrected chi connectivity index (χ4v) is 3.14. The molecule has 1 aliphatic heterocycles. The van der Waals surface area contributed by atoms with Gasteiger partial charge in [0.25, 0.3) is 0 Å². The molecular weight excluding hydrogens is 316 g/mol. The van der Waals surface area contributed by atoms with Crippen LogP contribution in [0.15, 0.2) is 48.5 Å². The van der Waals surface area contributed by atoms with Gasteiger partial charge in [-0.25, -0.2) is 0 Å². The fraction of sp³-hybridized carbons (Fsp3) is 0.238. The van der Waals surface area contributed by atoms with E-state index in [9.17, 15) is 9.59 Å². The quantitative estimate of drug-likeness (QED) is 0.773. The van der Waals surface area contributed by atoms with Crippen LogP contribution >= 0.6 is 0 Å². The van der Waals surface area contributed by atoms with Gasteiger partial charge in [0.2, 0.25) is 0 Å². The molecule has 0 unspecified atom stereocenters. The molecule has 0 N–H and O–H groups in total. The molecule has 4 heteroatoms. The molecule has 0 aromatic heterocycles. The van der Waals surface area contributed by atoms with Crippen molar-refractivity contribution >= 4 is 23.4 Å². The molecule has 1 heterocycles. The third-order valence-electron chi connectivity index (χ3n) is 4.40. The first kappa shape index (κ1) is 17.0. The molecule has 0 aliphatic carbocycles. The van der Waals surface area contributed by atoms with Gasteiger partial charge in [-0.15, -0.1) is 0 Å². The van der Waals surface area contributed by atoms with Gasteiger partial charge in [-0.1, -0.05) is 24.3 Å². The van der Waals surface area contributed by atoms with Crippen molar-refractivity contribution in [3.8, 4) is 5.75 Å². The molecule has 1 atom stereocenters. The molecule has 0 saturated heterocycles. The van der Waals surface area contributed by atoms with E-state index in [0.29, 0.717) is 5.76 Å². The van der Waals surface area contributed by atoms with Gasteiger partial charge in [-0.3, -0.25) is 9.59 Å². The molecule has 128 valence electrons. The van der Waals surface area contributed by atoms with Crippen molar-refractivity contribution in [1.82, 2.24) is 0 Å². The first-order valence-corrected chi connectivity index (χ1v) is 8.14. The van der Waals surface area contributed by atoms with E-state index in [4.69, 9.17) is 9.47 Å². The molecule has 0 saturated carbocycles. The van der Waals surface area contributed by atoms with Crippen molar-refractivity contribution in [1.29, 1.82) is 0 Å². The summed E-state index contributed by atoms with van der Waals surface area (Å²) in [7, 11) is 1.61. The Bertz CT molecular complexity index is 819. The Kier molecular flexibility index (Phi) is 4.70. The zero-order valence-corrected chi connectivity index (χ0v) is 14.5. The minimum atomic E-state index is -0.817. The summed E-state index contributed by atoms with van der Waals surface area (Å²) in [6.45, 7) is 2.87. The van der Waals surface area contributed by atoms with Crippen molar-refractivity contribution in [3.05, 3.63) is 65.2 Å². The predicted molar refractivity (Wildman–Crippen MR) is 96.0 cm³/mol. The fourth-order valence-electron chi connectivity index (χ4n) is 3.14. The molecule has 0 amide bonds. The smallest absolute Gasteiger partial charge is 0.144 e. The number of ketones is 2. The van der Waals surface area contributed by atoms with Crippen LogP contribution in [-0.2, 0) is 14.3 Å². The van der Waals surface area contributed by atoms with E-state index in [0.717, 1.165) is 22.4 Å². The van der Waals surface area contributed by atoms with Gasteiger partial charge in [-0.2, -0.15) is 0 Å². The van der Waals surface area contributed by atoms with Gasteiger partial charge >= 0.3 is 0 Å². The van der Waals surface area contributed by atoms with Crippen LogP contribution in [0.2, 0.25) is 0 Å². The Balaban J connectivity index is 2.06. The van der Waals surface area contributed by atoms with Crippen LogP contribution in [0.4, 0.5) is 0 Å². The molecular formula is C21H20O4. The van der Waals surface area contributed by atoms with Crippen LogP contribution in [-0.4, -0.2) is 18.7 Å². The molecule has 1 aliphatic rings. The highest BCUT2D eigenvalue weighted by atomic mass is 16.5. The van der Waals surface area contributed by atoms with E-state index in [1.54, 1.807) is 7.11 Å². The third-order valence-corrected chi connectivity index (χ3v) is 4.40. The highest BCUT2D eigenvalue weighted by Gasteiger charge is 2.36. The minimum Gasteiger partial charge on any atom is -0.497 e. The van der Waals surface area contributed by atoms with Crippen LogP contribution in [0.3, 0.4) is 0 Å². The van der Waals surface area contributed by atoms with Crippen LogP contribution in [0.25, 0.3) is 11.8 Å². The lowest BCUT2D eigenvalue weighted by Gasteiger charge is -2.31. The number of methoxy groups -OCH3 is 1. The summed E-state index contributed by atoms with van der Waals surface area (Å²) in [4.78, 5) is 24.2. The topological polar surface area (TPSA) is 52.6 Å². The molecule has 3 rings (SSSR count). The summed E-state index contributed by atoms with van der Waals surface area (Å²) in [6, 6.07) is 15.2. The number of hydrogen-bond donors (Lipinski definition) is 0. The first-order chi connectivity index (χ1) is 12.0. The number of ether oxygens (including phenoxy) is 2. The van der Waals surface area contributed by atoms with Crippen molar-refractivity contribution in [2.45, 2.75) is 20.0 Å². The number of benzene rings is 2. The van der Waals surface area contributed by atoms with Gasteiger partial charge < -0.3 is 9.47 Å². The Morgan fingerprint density at radius 1 is 1.00 bits per heavy atom. The Labute approximate surface area is 147 Å². The van der Waals surface area contributed by atoms with Gasteiger partial charge in [0.1, 0.15) is 35.1 Å². The molecule has 0 fully saturated rings. The monoisotopic (exact) mass is 336 g/mol. The van der Waals surface area contributed by atoms with Crippen LogP contribution < -0.4 is 4.74 Å². The maximum absolute atomic E-state index is 12.1. The average Bonchev–Trinajstić information content (AvgIpc) is 2.61. The SMILES string of the molecule is COc1ccc(C2=Cc3ccccc3[C@H](C(C(C)=O)C(C)=O)O2)cc1. The highest BCUT2D eigenvalue weighted by molar-refractivity contribution is 6.01. The van der Waals surface area contributed by atoms with Crippen molar-refractivity contribution in [3.63, 3.8) is 0 Å². The zero-order chi connectivity index (χ0) is 18.0. The molecule has 4 nitrogen and oxygen atoms in total. The highest BCUT2D eigenvalue weighted by Crippen LogP contribution is 2.40. The third kappa shape index (κ3) is 3.33. The predicted octanol–water partition coefficient (Wildman–Crippen LogP) is 4.06. The Morgan fingerprint density at radius 2 is 1.64 bits per heavy atom. The van der Waals surface area contributed by atoms with E-state index in [-0.39, 0.29) is 11.6 Å². The van der Waals surface area contributed by atoms with Crippen LogP contribution in [0.5, 0.6) is 5.75 Å². The van der Waals surface area contributed by atoms with E-state index >= 15 is 0 Å². The number of hydrogen-bond acceptors (Lipinski definition) is 4. The maximum atomic E-state index is 12.1. The van der Waals surface area contributed by atoms with Gasteiger partial charge in [0.15, 0.2) is 0 Å². The second-order valence-electron chi connectivity index (χ2n) is 6.10. The van der Waals surface area contributed by atoms with E-state index in [2.05, 4.69) is 0 Å². The normalized spacial score (nSPS) is 15.8. The molecule has 0 bridgehead atoms. The van der Waals surface area contributed by atoms with Gasteiger partial charge in [0.05, 0.1) is 7.11 Å². The summed E-state index contributed by atoms with van der Waals surface area (Å²) in [5.74, 6) is 0.191. The van der Waals surface area contributed by atoms with E-state index in [1.165, 1.54) is 13.8 Å². The summed E-state index contributed by atoms with van der Waals surface area (Å²) >= 11 is 0. The van der Waals surface area contributed by atoms with E-state index in [1.807, 2.05) is 54.6 Å². The lowest BCUT2D eigenvalue weighted by Crippen LogP contribution is -2.30. The van der Waals surface area contributed by atoms with Gasteiger partial charge in [0, 0.05) is 11.1 Å². The standard InChI is InChI=1S/C21H20O4/c1-13(22)20(14(2)23)21-18-7-5-4-6-16(18)12-19(25-21)15-8-10-17(24-3)11-9-15/h4-12,20-21H,1-3H3/t21-/m1/s1. The van der Waals surface area contributed by atoms with E-state index < -0.39 is 12.0 Å². The second kappa shape index (κ2) is 6.93. The summed E-state index contributed by atoms with van der Waals surface area (Å²) < 4.78 is 11.3. The Hall–Kier alpha value is -2.88. The largest absolute Gasteiger partial charge is 0.497 e. The number of carbonyl (C=O) groups is 2. The molecule has 0 radical (unpaired) electrons. The average molecular weight is 336 g/mol. The number of fused-ring (bicyclic) bond motifs is 1. The number of rotatable bonds is 5. The lowest BCUT2D eigenvalue weighted by molar-refractivity contribution is -0.135. The second-order valence-corrected chi connectivity index (χ2v) is 6.10. The number of carbonyl (C=O) groups excluding carboxylic acids is 2.